The van der Waals surface area contributed by atoms with Crippen molar-refractivity contribution in [2.75, 3.05) is 0 Å². The maximum atomic E-state index is 12.8. The van der Waals surface area contributed by atoms with Crippen LogP contribution in [-0.4, -0.2) is 11.1 Å². The Labute approximate surface area is 110 Å². The Morgan fingerprint density at radius 2 is 1.84 bits per heavy atom. The highest BCUT2D eigenvalue weighted by Gasteiger charge is 2.14. The molecule has 0 aliphatic carbocycles. The number of halogens is 1. The van der Waals surface area contributed by atoms with Crippen LogP contribution in [0.2, 0.25) is 0 Å². The second kappa shape index (κ2) is 5.52. The molecule has 19 heavy (non-hydrogen) atoms. The van der Waals surface area contributed by atoms with Crippen LogP contribution >= 0.6 is 0 Å². The van der Waals surface area contributed by atoms with Crippen molar-refractivity contribution in [1.82, 2.24) is 0 Å². The van der Waals surface area contributed by atoms with Gasteiger partial charge in [0.1, 0.15) is 17.3 Å². The zero-order chi connectivity index (χ0) is 13.8. The van der Waals surface area contributed by atoms with Gasteiger partial charge in [-0.15, -0.1) is 0 Å². The number of aliphatic carboxylic acids is 1. The fraction of sp³-hybridized carbons (Fsp3) is 0.133. The second-order valence-electron chi connectivity index (χ2n) is 4.19. The van der Waals surface area contributed by atoms with E-state index in [2.05, 4.69) is 0 Å². The van der Waals surface area contributed by atoms with Gasteiger partial charge in [0.05, 0.1) is 5.92 Å². The average molecular weight is 260 g/mol. The quantitative estimate of drug-likeness (QED) is 0.909. The Kier molecular flexibility index (Phi) is 3.80. The first kappa shape index (κ1) is 13.1. The van der Waals surface area contributed by atoms with E-state index in [0.29, 0.717) is 17.1 Å². The summed E-state index contributed by atoms with van der Waals surface area (Å²) in [6, 6.07) is 12.5. The third-order valence-electron chi connectivity index (χ3n) is 2.78. The molecule has 4 heteroatoms. The van der Waals surface area contributed by atoms with E-state index in [1.807, 2.05) is 0 Å². The normalized spacial score (nSPS) is 11.9. The zero-order valence-electron chi connectivity index (χ0n) is 10.3. The molecule has 1 unspecified atom stereocenters. The SMILES string of the molecule is CC(C(=O)O)c1cccc(Oc2ccc(F)cc2)c1. The third-order valence-corrected chi connectivity index (χ3v) is 2.78. The zero-order valence-corrected chi connectivity index (χ0v) is 10.3. The number of hydrogen-bond donors (Lipinski definition) is 1. The van der Waals surface area contributed by atoms with Crippen molar-refractivity contribution in [2.45, 2.75) is 12.8 Å². The molecule has 2 aromatic rings. The average Bonchev–Trinajstić information content (AvgIpc) is 2.41. The molecule has 0 radical (unpaired) electrons. The van der Waals surface area contributed by atoms with E-state index in [1.54, 1.807) is 31.2 Å². The summed E-state index contributed by atoms with van der Waals surface area (Å²) >= 11 is 0. The van der Waals surface area contributed by atoms with E-state index < -0.39 is 11.9 Å². The lowest BCUT2D eigenvalue weighted by atomic mass is 10.0. The van der Waals surface area contributed by atoms with Gasteiger partial charge in [-0.1, -0.05) is 12.1 Å². The monoisotopic (exact) mass is 260 g/mol. The minimum Gasteiger partial charge on any atom is -0.481 e. The Morgan fingerprint density at radius 1 is 1.16 bits per heavy atom. The van der Waals surface area contributed by atoms with Crippen LogP contribution in [0.5, 0.6) is 11.5 Å². The molecule has 1 atom stereocenters. The van der Waals surface area contributed by atoms with Crippen LogP contribution in [0.15, 0.2) is 48.5 Å². The molecule has 0 saturated carbocycles. The van der Waals surface area contributed by atoms with Crippen LogP contribution in [0.1, 0.15) is 18.4 Å². The standard InChI is InChI=1S/C15H13FO3/c1-10(15(17)18)11-3-2-4-14(9-11)19-13-7-5-12(16)6-8-13/h2-10H,1H3,(H,17,18). The van der Waals surface area contributed by atoms with E-state index in [4.69, 9.17) is 9.84 Å². The van der Waals surface area contributed by atoms with E-state index in [-0.39, 0.29) is 5.82 Å². The van der Waals surface area contributed by atoms with Crippen LogP contribution in [0, 0.1) is 5.82 Å². The van der Waals surface area contributed by atoms with Crippen molar-refractivity contribution in [1.29, 1.82) is 0 Å². The predicted octanol–water partition coefficient (Wildman–Crippen LogP) is 3.81. The fourth-order valence-electron chi connectivity index (χ4n) is 1.63. The van der Waals surface area contributed by atoms with Gasteiger partial charge in [-0.25, -0.2) is 4.39 Å². The van der Waals surface area contributed by atoms with Gasteiger partial charge in [0.2, 0.25) is 0 Å². The van der Waals surface area contributed by atoms with Crippen molar-refractivity contribution in [3.63, 3.8) is 0 Å². The first-order valence-corrected chi connectivity index (χ1v) is 5.82. The lowest BCUT2D eigenvalue weighted by Gasteiger charge is -2.10. The van der Waals surface area contributed by atoms with Crippen LogP contribution in [0.4, 0.5) is 4.39 Å². The van der Waals surface area contributed by atoms with E-state index >= 15 is 0 Å². The van der Waals surface area contributed by atoms with Gasteiger partial charge in [0.15, 0.2) is 0 Å². The Bertz CT molecular complexity index is 578. The largest absolute Gasteiger partial charge is 0.481 e. The van der Waals surface area contributed by atoms with Crippen LogP contribution in [-0.2, 0) is 4.79 Å². The van der Waals surface area contributed by atoms with Crippen molar-refractivity contribution >= 4 is 5.97 Å². The minimum atomic E-state index is -0.890. The first-order valence-electron chi connectivity index (χ1n) is 5.82. The summed E-state index contributed by atoms with van der Waals surface area (Å²) in [6.07, 6.45) is 0. The fourth-order valence-corrected chi connectivity index (χ4v) is 1.63. The molecule has 3 nitrogen and oxygen atoms in total. The van der Waals surface area contributed by atoms with Gasteiger partial charge >= 0.3 is 5.97 Å². The molecular formula is C15H13FO3. The number of ether oxygens (including phenoxy) is 1. The lowest BCUT2D eigenvalue weighted by Crippen LogP contribution is -2.07. The highest BCUT2D eigenvalue weighted by molar-refractivity contribution is 5.75. The molecule has 0 fully saturated rings. The molecule has 0 amide bonds. The molecule has 0 spiro atoms. The molecule has 0 aliphatic heterocycles. The topological polar surface area (TPSA) is 46.5 Å². The highest BCUT2D eigenvalue weighted by atomic mass is 19.1. The molecule has 0 saturated heterocycles. The summed E-state index contributed by atoms with van der Waals surface area (Å²) in [7, 11) is 0. The van der Waals surface area contributed by atoms with Crippen LogP contribution in [0.25, 0.3) is 0 Å². The van der Waals surface area contributed by atoms with Gasteiger partial charge in [0, 0.05) is 0 Å². The first-order chi connectivity index (χ1) is 9.06. The van der Waals surface area contributed by atoms with E-state index in [1.165, 1.54) is 24.3 Å². The van der Waals surface area contributed by atoms with E-state index in [9.17, 15) is 9.18 Å². The van der Waals surface area contributed by atoms with Gasteiger partial charge in [-0.2, -0.15) is 0 Å². The van der Waals surface area contributed by atoms with Crippen molar-refractivity contribution in [3.05, 3.63) is 59.9 Å². The molecule has 0 heterocycles. The summed E-state index contributed by atoms with van der Waals surface area (Å²) in [5, 5.41) is 8.96. The highest BCUT2D eigenvalue weighted by Crippen LogP contribution is 2.25. The number of carboxylic acid groups (broad SMARTS) is 1. The second-order valence-corrected chi connectivity index (χ2v) is 4.19. The summed E-state index contributed by atoms with van der Waals surface area (Å²) in [5.74, 6) is -0.796. The number of benzene rings is 2. The Morgan fingerprint density at radius 3 is 2.47 bits per heavy atom. The van der Waals surface area contributed by atoms with Crippen molar-refractivity contribution < 1.29 is 19.0 Å². The Hall–Kier alpha value is -2.36. The molecule has 0 aromatic heterocycles. The molecule has 1 N–H and O–H groups in total. The number of carbonyl (C=O) groups is 1. The van der Waals surface area contributed by atoms with Gasteiger partial charge in [-0.3, -0.25) is 4.79 Å². The summed E-state index contributed by atoms with van der Waals surface area (Å²) in [6.45, 7) is 1.61. The van der Waals surface area contributed by atoms with Gasteiger partial charge in [0.25, 0.3) is 0 Å². The summed E-state index contributed by atoms with van der Waals surface area (Å²) in [4.78, 5) is 10.9. The maximum Gasteiger partial charge on any atom is 0.310 e. The Balaban J connectivity index is 2.19. The van der Waals surface area contributed by atoms with Crippen LogP contribution in [0.3, 0.4) is 0 Å². The van der Waals surface area contributed by atoms with Crippen molar-refractivity contribution in [3.8, 4) is 11.5 Å². The molecule has 2 aromatic carbocycles. The molecule has 0 bridgehead atoms. The number of rotatable bonds is 4. The third kappa shape index (κ3) is 3.31. The van der Waals surface area contributed by atoms with Crippen LogP contribution < -0.4 is 4.74 Å². The summed E-state index contributed by atoms with van der Waals surface area (Å²) < 4.78 is 18.3. The smallest absolute Gasteiger partial charge is 0.310 e. The predicted molar refractivity (Wildman–Crippen MR) is 69.0 cm³/mol. The summed E-state index contributed by atoms with van der Waals surface area (Å²) in [5.41, 5.74) is 0.659. The van der Waals surface area contributed by atoms with E-state index in [0.717, 1.165) is 0 Å². The number of hydrogen-bond acceptors (Lipinski definition) is 2. The number of carboxylic acids is 1. The van der Waals surface area contributed by atoms with Gasteiger partial charge < -0.3 is 9.84 Å². The molecular weight excluding hydrogens is 247 g/mol. The maximum absolute atomic E-state index is 12.8. The lowest BCUT2D eigenvalue weighted by molar-refractivity contribution is -0.138. The minimum absolute atomic E-state index is 0.333. The molecule has 0 aliphatic rings. The molecule has 2 rings (SSSR count). The van der Waals surface area contributed by atoms with Crippen molar-refractivity contribution in [2.24, 2.45) is 0 Å². The van der Waals surface area contributed by atoms with Gasteiger partial charge in [-0.05, 0) is 48.9 Å². The molecule has 98 valence electrons.